The van der Waals surface area contributed by atoms with Gasteiger partial charge in [-0.15, -0.1) is 5.19 Å². The molecule has 0 amide bonds. The van der Waals surface area contributed by atoms with Crippen molar-refractivity contribution < 1.29 is 58.9 Å². The molecule has 0 aromatic heterocycles. The summed E-state index contributed by atoms with van der Waals surface area (Å²) < 4.78 is 0. The molecule has 2 aromatic carbocycles. The molecule has 0 saturated carbocycles. The molecule has 3 rings (SSSR count). The standard InChI is InChI=1S/C19H25Si.3ClH.Ti/c1-14-15(2)17(4)19(16(14)3)20(12-8-9-13-20)18-10-6-5-7-11-18;;;;/h5-7,10-11H,8-9,12-13H2,1-4H3;3*1H;/q-1;;;;+4/p-3. The van der Waals surface area contributed by atoms with Gasteiger partial charge in [0.1, 0.15) is 0 Å². The van der Waals surface area contributed by atoms with Crippen molar-refractivity contribution in [3.8, 4) is 0 Å². The zero-order valence-electron chi connectivity index (χ0n) is 14.8. The van der Waals surface area contributed by atoms with Gasteiger partial charge in [-0.3, -0.25) is 0 Å². The van der Waals surface area contributed by atoms with Crippen LogP contribution in [0.1, 0.15) is 35.1 Å². The predicted octanol–water partition coefficient (Wildman–Crippen LogP) is -4.99. The second kappa shape index (κ2) is 10.5. The van der Waals surface area contributed by atoms with Crippen LogP contribution in [0.3, 0.4) is 0 Å². The van der Waals surface area contributed by atoms with Gasteiger partial charge in [-0.05, 0) is 0 Å². The third kappa shape index (κ3) is 4.19. The molecular weight excluding hydrogens is 411 g/mol. The maximum absolute atomic E-state index is 2.40. The molecular formula is C19H25Cl3SiTi. The monoisotopic (exact) mass is 434 g/mol. The fourth-order valence-electron chi connectivity index (χ4n) is 4.36. The second-order valence-electron chi connectivity index (χ2n) is 6.53. The van der Waals surface area contributed by atoms with E-state index in [1.807, 2.05) is 0 Å². The van der Waals surface area contributed by atoms with Crippen LogP contribution in [0.25, 0.3) is 0 Å². The Morgan fingerprint density at radius 2 is 1.17 bits per heavy atom. The molecule has 1 saturated heterocycles. The van der Waals surface area contributed by atoms with Crippen molar-refractivity contribution in [2.75, 3.05) is 0 Å². The summed E-state index contributed by atoms with van der Waals surface area (Å²) in [5.41, 5.74) is 6.26. The van der Waals surface area contributed by atoms with Gasteiger partial charge in [-0.25, -0.2) is 0 Å². The van der Waals surface area contributed by atoms with E-state index < -0.39 is 8.07 Å². The van der Waals surface area contributed by atoms with E-state index in [-0.39, 0.29) is 58.9 Å². The molecule has 24 heavy (non-hydrogen) atoms. The van der Waals surface area contributed by atoms with Crippen LogP contribution in [0, 0.1) is 27.7 Å². The van der Waals surface area contributed by atoms with Gasteiger partial charge in [0.15, 0.2) is 0 Å². The van der Waals surface area contributed by atoms with E-state index in [0.29, 0.717) is 0 Å². The summed E-state index contributed by atoms with van der Waals surface area (Å²) in [4.78, 5) is 0. The summed E-state index contributed by atoms with van der Waals surface area (Å²) in [6.45, 7) is 9.34. The van der Waals surface area contributed by atoms with Crippen LogP contribution in [-0.4, -0.2) is 8.07 Å². The fourth-order valence-corrected chi connectivity index (χ4v) is 10.3. The molecule has 0 spiro atoms. The Balaban J connectivity index is 0. The molecule has 0 bridgehead atoms. The van der Waals surface area contributed by atoms with Crippen molar-refractivity contribution in [2.45, 2.75) is 52.6 Å². The van der Waals surface area contributed by atoms with E-state index in [2.05, 4.69) is 58.0 Å². The smallest absolute Gasteiger partial charge is 1.00 e. The number of rotatable bonds is 2. The van der Waals surface area contributed by atoms with Crippen LogP contribution >= 0.6 is 0 Å². The van der Waals surface area contributed by atoms with E-state index in [4.69, 9.17) is 0 Å². The van der Waals surface area contributed by atoms with Gasteiger partial charge in [0.05, 0.1) is 8.07 Å². The summed E-state index contributed by atoms with van der Waals surface area (Å²) in [5.74, 6) is 0. The van der Waals surface area contributed by atoms with Crippen molar-refractivity contribution in [1.29, 1.82) is 0 Å². The molecule has 5 heteroatoms. The van der Waals surface area contributed by atoms with Crippen LogP contribution in [0.5, 0.6) is 0 Å². The van der Waals surface area contributed by atoms with Gasteiger partial charge in [0, 0.05) is 0 Å². The van der Waals surface area contributed by atoms with Gasteiger partial charge in [0.2, 0.25) is 0 Å². The minimum absolute atomic E-state index is 0. The molecule has 0 aliphatic carbocycles. The minimum atomic E-state index is -1.48. The molecule has 130 valence electrons. The summed E-state index contributed by atoms with van der Waals surface area (Å²) in [6, 6.07) is 14.3. The summed E-state index contributed by atoms with van der Waals surface area (Å²) in [5, 5.41) is 3.44. The maximum atomic E-state index is 2.40. The molecule has 2 aromatic rings. The normalized spacial score (nSPS) is 14.7. The number of benzene rings is 1. The first-order valence-electron chi connectivity index (χ1n) is 7.87. The van der Waals surface area contributed by atoms with E-state index in [0.717, 1.165) is 0 Å². The molecule has 0 atom stereocenters. The first-order chi connectivity index (χ1) is 9.58. The average molecular weight is 436 g/mol. The van der Waals surface area contributed by atoms with Crippen LogP contribution in [0.2, 0.25) is 12.1 Å². The van der Waals surface area contributed by atoms with Crippen molar-refractivity contribution in [2.24, 2.45) is 0 Å². The van der Waals surface area contributed by atoms with Crippen molar-refractivity contribution in [3.63, 3.8) is 0 Å². The summed E-state index contributed by atoms with van der Waals surface area (Å²) in [6.07, 6.45) is 2.84. The third-order valence-electron chi connectivity index (χ3n) is 5.70. The van der Waals surface area contributed by atoms with Crippen LogP contribution in [0.4, 0.5) is 0 Å². The van der Waals surface area contributed by atoms with Gasteiger partial charge in [-0.1, -0.05) is 88.1 Å². The van der Waals surface area contributed by atoms with Crippen LogP contribution < -0.4 is 47.6 Å². The largest absolute Gasteiger partial charge is 4.00 e. The fraction of sp³-hybridized carbons (Fsp3) is 0.421. The zero-order chi connectivity index (χ0) is 14.3. The predicted molar refractivity (Wildman–Crippen MR) is 91.3 cm³/mol. The maximum Gasteiger partial charge on any atom is 4.00 e. The minimum Gasteiger partial charge on any atom is -1.00 e. The Morgan fingerprint density at radius 1 is 0.750 bits per heavy atom. The van der Waals surface area contributed by atoms with Crippen LogP contribution in [-0.2, 0) is 21.7 Å². The van der Waals surface area contributed by atoms with Gasteiger partial charge >= 0.3 is 21.7 Å². The zero-order valence-corrected chi connectivity index (χ0v) is 19.7. The molecule has 0 radical (unpaired) electrons. The first-order valence-corrected chi connectivity index (χ1v) is 10.3. The Kier molecular flexibility index (Phi) is 11.6. The van der Waals surface area contributed by atoms with E-state index in [1.54, 1.807) is 21.5 Å². The van der Waals surface area contributed by atoms with Crippen molar-refractivity contribution in [1.82, 2.24) is 0 Å². The third-order valence-corrected chi connectivity index (χ3v) is 11.3. The summed E-state index contributed by atoms with van der Waals surface area (Å²) >= 11 is 0. The molecule has 1 fully saturated rings. The molecule has 0 nitrogen and oxygen atoms in total. The Hall–Kier alpha value is 0.371. The number of hydrogen-bond acceptors (Lipinski definition) is 0. The Morgan fingerprint density at radius 3 is 1.58 bits per heavy atom. The molecule has 1 heterocycles. The molecule has 1 aliphatic rings. The van der Waals surface area contributed by atoms with E-state index in [9.17, 15) is 0 Å². The van der Waals surface area contributed by atoms with Crippen LogP contribution in [0.15, 0.2) is 30.3 Å². The first kappa shape index (κ1) is 26.6. The van der Waals surface area contributed by atoms with Crippen molar-refractivity contribution >= 4 is 18.4 Å². The van der Waals surface area contributed by atoms with E-state index in [1.165, 1.54) is 36.1 Å². The molecule has 0 N–H and O–H groups in total. The number of halogens is 3. The van der Waals surface area contributed by atoms with Gasteiger partial charge in [-0.2, -0.15) is 22.3 Å². The number of hydrogen-bond donors (Lipinski definition) is 0. The summed E-state index contributed by atoms with van der Waals surface area (Å²) in [7, 11) is -1.48. The topological polar surface area (TPSA) is 0 Å². The Labute approximate surface area is 181 Å². The molecule has 1 aliphatic heterocycles. The van der Waals surface area contributed by atoms with E-state index >= 15 is 0 Å². The Bertz CT molecular complexity index is 606. The SMILES string of the molecule is Cc1c(C)c(C)[c-]([Si]2(c3ccccc3)CCCC2)c1C.[Cl-].[Cl-].[Cl-].[Ti+4]. The molecule has 0 unspecified atom stereocenters. The van der Waals surface area contributed by atoms with Gasteiger partial charge in [0.25, 0.3) is 0 Å². The second-order valence-corrected chi connectivity index (χ2v) is 10.8. The average Bonchev–Trinajstić information content (AvgIpc) is 3.03. The van der Waals surface area contributed by atoms with Gasteiger partial charge < -0.3 is 37.2 Å². The quantitative estimate of drug-likeness (QED) is 0.327. The van der Waals surface area contributed by atoms with Crippen molar-refractivity contribution in [3.05, 3.63) is 52.6 Å².